The molecule has 0 aliphatic carbocycles. The maximum absolute atomic E-state index is 11.0. The number of nitroso groups, excluding NO2 is 1. The largest absolute Gasteiger partial charge is 0.503 e. The molecule has 5 heteroatoms. The van der Waals surface area contributed by atoms with E-state index in [0.29, 0.717) is 27.5 Å². The zero-order valence-corrected chi connectivity index (χ0v) is 9.14. The van der Waals surface area contributed by atoms with Gasteiger partial charge in [-0.15, -0.1) is 4.91 Å². The third-order valence-corrected chi connectivity index (χ3v) is 2.98. The molecule has 2 aromatic carbocycles. The molecule has 3 rings (SSSR count). The fourth-order valence-electron chi connectivity index (χ4n) is 2.19. The number of phenols is 1. The number of aromatic hydroxyl groups is 1. The second-order valence-electron chi connectivity index (χ2n) is 3.94. The molecule has 0 saturated carbocycles. The summed E-state index contributed by atoms with van der Waals surface area (Å²) in [5.41, 5.74) is 1.48. The maximum Gasteiger partial charge on any atom is 0.242 e. The second-order valence-corrected chi connectivity index (χ2v) is 3.94. The first-order valence-electron chi connectivity index (χ1n) is 5.17. The Morgan fingerprint density at radius 1 is 1.29 bits per heavy atom. The number of hydrogen-bond donors (Lipinski definition) is 2. The lowest BCUT2D eigenvalue weighted by Gasteiger charge is -2.02. The molecular formula is C12H10N3O2+. The molecule has 0 bridgehead atoms. The lowest BCUT2D eigenvalue weighted by atomic mass is 10.1. The summed E-state index contributed by atoms with van der Waals surface area (Å²) < 4.78 is 1.73. The molecule has 0 radical (unpaired) electrons. The molecule has 0 amide bonds. The summed E-state index contributed by atoms with van der Waals surface area (Å²) >= 11 is 0. The van der Waals surface area contributed by atoms with Crippen LogP contribution in [0.3, 0.4) is 0 Å². The Bertz CT molecular complexity index is 746. The van der Waals surface area contributed by atoms with Gasteiger partial charge in [-0.1, -0.05) is 24.3 Å². The zero-order valence-electron chi connectivity index (χ0n) is 9.14. The summed E-state index contributed by atoms with van der Waals surface area (Å²) in [5, 5.41) is 14.5. The number of phenolic OH excluding ortho intramolecular Hbond substituents is 1. The molecular weight excluding hydrogens is 218 g/mol. The first kappa shape index (κ1) is 9.77. The summed E-state index contributed by atoms with van der Waals surface area (Å²) in [6, 6.07) is 7.16. The van der Waals surface area contributed by atoms with Gasteiger partial charge in [0.1, 0.15) is 0 Å². The molecule has 0 spiro atoms. The van der Waals surface area contributed by atoms with E-state index in [4.69, 9.17) is 0 Å². The number of rotatable bonds is 1. The van der Waals surface area contributed by atoms with Gasteiger partial charge in [0.05, 0.1) is 7.05 Å². The zero-order chi connectivity index (χ0) is 12.0. The second kappa shape index (κ2) is 3.28. The van der Waals surface area contributed by atoms with Crippen molar-refractivity contribution in [3.63, 3.8) is 0 Å². The molecule has 84 valence electrons. The minimum absolute atomic E-state index is 0.142. The van der Waals surface area contributed by atoms with E-state index in [0.717, 1.165) is 0 Å². The number of hydrogen-bond acceptors (Lipinski definition) is 3. The molecule has 1 aromatic heterocycles. The topological polar surface area (TPSA) is 69.3 Å². The molecule has 0 fully saturated rings. The number of nitrogens with one attached hydrogen (secondary N) is 1. The van der Waals surface area contributed by atoms with E-state index in [1.807, 2.05) is 12.1 Å². The quantitative estimate of drug-likeness (QED) is 0.495. The molecule has 0 atom stereocenters. The normalized spacial score (nSPS) is 11.1. The smallest absolute Gasteiger partial charge is 0.242 e. The number of aryl methyl sites for hydroxylation is 1. The monoisotopic (exact) mass is 228 g/mol. The predicted octanol–water partition coefficient (Wildman–Crippen LogP) is 2.25. The third kappa shape index (κ3) is 1.16. The minimum atomic E-state index is 0.142. The van der Waals surface area contributed by atoms with Gasteiger partial charge in [-0.3, -0.25) is 0 Å². The van der Waals surface area contributed by atoms with Gasteiger partial charge in [0.15, 0.2) is 11.4 Å². The van der Waals surface area contributed by atoms with Crippen LogP contribution in [-0.2, 0) is 7.05 Å². The lowest BCUT2D eigenvalue weighted by Crippen LogP contribution is -2.24. The van der Waals surface area contributed by atoms with Gasteiger partial charge in [0.2, 0.25) is 17.4 Å². The highest BCUT2D eigenvalue weighted by atomic mass is 16.3. The predicted molar refractivity (Wildman–Crippen MR) is 64.1 cm³/mol. The van der Waals surface area contributed by atoms with Crippen molar-refractivity contribution in [1.29, 1.82) is 0 Å². The molecule has 0 saturated heterocycles. The van der Waals surface area contributed by atoms with Crippen LogP contribution in [0, 0.1) is 4.91 Å². The van der Waals surface area contributed by atoms with Gasteiger partial charge in [0.25, 0.3) is 0 Å². The minimum Gasteiger partial charge on any atom is -0.503 e. The fourth-order valence-corrected chi connectivity index (χ4v) is 2.19. The van der Waals surface area contributed by atoms with Crippen molar-refractivity contribution in [2.45, 2.75) is 0 Å². The highest BCUT2D eigenvalue weighted by Crippen LogP contribution is 2.39. The van der Waals surface area contributed by atoms with Gasteiger partial charge in [-0.05, 0) is 5.18 Å². The number of aromatic amines is 1. The van der Waals surface area contributed by atoms with Gasteiger partial charge in [-0.25, -0.2) is 9.55 Å². The van der Waals surface area contributed by atoms with E-state index < -0.39 is 0 Å². The van der Waals surface area contributed by atoms with Crippen molar-refractivity contribution < 1.29 is 9.67 Å². The molecule has 3 aromatic rings. The van der Waals surface area contributed by atoms with Crippen molar-refractivity contribution in [3.8, 4) is 5.75 Å². The van der Waals surface area contributed by atoms with Crippen LogP contribution in [0.25, 0.3) is 21.8 Å². The number of imidazole rings is 1. The summed E-state index contributed by atoms with van der Waals surface area (Å²) in [4.78, 5) is 14.0. The van der Waals surface area contributed by atoms with Crippen molar-refractivity contribution in [3.05, 3.63) is 35.5 Å². The van der Waals surface area contributed by atoms with E-state index in [1.165, 1.54) is 0 Å². The summed E-state index contributed by atoms with van der Waals surface area (Å²) in [6.45, 7) is 0. The highest BCUT2D eigenvalue weighted by molar-refractivity contribution is 6.10. The standard InChI is InChI=1S/C12H9N3O2/c1-15-6-13-10-11(15)9(14-17)7-4-2-3-5-8(7)12(10)16/h2-6H,1H3,(H,16,17)/p+1. The first-order chi connectivity index (χ1) is 8.24. The van der Waals surface area contributed by atoms with Crippen LogP contribution in [-0.4, -0.2) is 10.1 Å². The lowest BCUT2D eigenvalue weighted by molar-refractivity contribution is -0.644. The Kier molecular flexibility index (Phi) is 1.89. The van der Waals surface area contributed by atoms with Gasteiger partial charge in [-0.2, -0.15) is 0 Å². The third-order valence-electron chi connectivity index (χ3n) is 2.98. The van der Waals surface area contributed by atoms with E-state index in [-0.39, 0.29) is 5.75 Å². The van der Waals surface area contributed by atoms with Gasteiger partial charge < -0.3 is 5.11 Å². The fraction of sp³-hybridized carbons (Fsp3) is 0.0833. The number of nitrogens with zero attached hydrogens (tertiary/aromatic N) is 2. The van der Waals surface area contributed by atoms with Crippen LogP contribution in [0.5, 0.6) is 5.75 Å². The molecule has 5 nitrogen and oxygen atoms in total. The average molecular weight is 228 g/mol. The van der Waals surface area contributed by atoms with E-state index >= 15 is 0 Å². The van der Waals surface area contributed by atoms with E-state index in [2.05, 4.69) is 10.2 Å². The summed E-state index contributed by atoms with van der Waals surface area (Å²) in [5.74, 6) is 0.142. The molecule has 2 N–H and O–H groups in total. The maximum atomic E-state index is 11.0. The van der Waals surface area contributed by atoms with Crippen LogP contribution in [0.4, 0.5) is 5.69 Å². The summed E-state index contributed by atoms with van der Waals surface area (Å²) in [7, 11) is 1.79. The number of aromatic nitrogens is 2. The Morgan fingerprint density at radius 2 is 2.00 bits per heavy atom. The average Bonchev–Trinajstić information content (AvgIpc) is 2.73. The van der Waals surface area contributed by atoms with Crippen molar-refractivity contribution in [1.82, 2.24) is 4.98 Å². The molecule has 0 aliphatic rings. The van der Waals surface area contributed by atoms with Gasteiger partial charge >= 0.3 is 0 Å². The Morgan fingerprint density at radius 3 is 2.71 bits per heavy atom. The molecule has 0 unspecified atom stereocenters. The van der Waals surface area contributed by atoms with Crippen molar-refractivity contribution in [2.24, 2.45) is 12.2 Å². The van der Waals surface area contributed by atoms with Crippen molar-refractivity contribution in [2.75, 3.05) is 0 Å². The first-order valence-corrected chi connectivity index (χ1v) is 5.17. The van der Waals surface area contributed by atoms with Crippen LogP contribution in [0.2, 0.25) is 0 Å². The van der Waals surface area contributed by atoms with Crippen LogP contribution in [0.1, 0.15) is 0 Å². The number of H-pyrrole nitrogens is 1. The molecule has 17 heavy (non-hydrogen) atoms. The van der Waals surface area contributed by atoms with Crippen LogP contribution < -0.4 is 4.57 Å². The Labute approximate surface area is 96.3 Å². The molecule has 0 aliphatic heterocycles. The van der Waals surface area contributed by atoms with Gasteiger partial charge in [0, 0.05) is 10.8 Å². The molecule has 1 heterocycles. The van der Waals surface area contributed by atoms with Crippen molar-refractivity contribution >= 4 is 27.5 Å². The van der Waals surface area contributed by atoms with Crippen LogP contribution in [0.15, 0.2) is 35.8 Å². The number of benzene rings is 2. The summed E-state index contributed by atoms with van der Waals surface area (Å²) in [6.07, 6.45) is 1.68. The Hall–Kier alpha value is -2.43. The van der Waals surface area contributed by atoms with E-state index in [1.54, 1.807) is 30.1 Å². The highest BCUT2D eigenvalue weighted by Gasteiger charge is 2.21. The Balaban J connectivity index is 2.70. The number of fused-ring (bicyclic) bond motifs is 2. The van der Waals surface area contributed by atoms with Crippen LogP contribution >= 0.6 is 0 Å². The van der Waals surface area contributed by atoms with E-state index in [9.17, 15) is 10.0 Å². The SMILES string of the molecule is C[n+]1c[nH]c2c(O)c3ccccc3c(N=O)c21.